The van der Waals surface area contributed by atoms with Gasteiger partial charge in [0, 0.05) is 11.5 Å². The lowest BCUT2D eigenvalue weighted by Crippen LogP contribution is -2.08. The monoisotopic (exact) mass is 234 g/mol. The van der Waals surface area contributed by atoms with Crippen LogP contribution in [-0.2, 0) is 0 Å². The Hall–Kier alpha value is -1.18. The minimum atomic E-state index is -0.329. The maximum absolute atomic E-state index is 13.3. The van der Waals surface area contributed by atoms with Crippen LogP contribution in [0.4, 0.5) is 4.39 Å². The number of ketones is 1. The number of hydrogen-bond acceptors (Lipinski definition) is 1. The van der Waals surface area contributed by atoms with Crippen LogP contribution in [0.15, 0.2) is 18.2 Å². The minimum absolute atomic E-state index is 0.00352. The zero-order chi connectivity index (χ0) is 13.0. The molecule has 1 fully saturated rings. The van der Waals surface area contributed by atoms with Gasteiger partial charge in [0.15, 0.2) is 5.78 Å². The molecule has 1 aromatic rings. The average Bonchev–Trinajstić information content (AvgIpc) is 2.54. The summed E-state index contributed by atoms with van der Waals surface area (Å²) in [5.41, 5.74) is 1.31. The maximum Gasteiger partial charge on any atom is 0.167 e. The average molecular weight is 234 g/mol. The molecule has 1 aliphatic carbocycles. The first-order chi connectivity index (χ1) is 7.68. The Balaban J connectivity index is 2.34. The molecule has 0 atom stereocenters. The molecule has 92 valence electrons. The van der Waals surface area contributed by atoms with Crippen molar-refractivity contribution in [2.75, 3.05) is 0 Å². The SMILES string of the molecule is Cc1cc(F)cc(C(=O)C2C(C)(C)C2(C)C)c1. The largest absolute Gasteiger partial charge is 0.294 e. The lowest BCUT2D eigenvalue weighted by atomic mass is 10.00. The van der Waals surface area contributed by atoms with Crippen molar-refractivity contribution in [3.63, 3.8) is 0 Å². The molecule has 0 amide bonds. The third-order valence-corrected chi connectivity index (χ3v) is 4.61. The summed E-state index contributed by atoms with van der Waals surface area (Å²) < 4.78 is 13.3. The van der Waals surface area contributed by atoms with Gasteiger partial charge in [0.2, 0.25) is 0 Å². The third kappa shape index (κ3) is 1.70. The number of aryl methyl sites for hydroxylation is 1. The van der Waals surface area contributed by atoms with Crippen LogP contribution in [0, 0.1) is 29.5 Å². The van der Waals surface area contributed by atoms with Gasteiger partial charge in [-0.15, -0.1) is 0 Å². The van der Waals surface area contributed by atoms with Crippen molar-refractivity contribution in [1.82, 2.24) is 0 Å². The number of carbonyl (C=O) groups excluding carboxylic acids is 1. The summed E-state index contributed by atoms with van der Waals surface area (Å²) in [6, 6.07) is 4.57. The highest BCUT2D eigenvalue weighted by atomic mass is 19.1. The number of rotatable bonds is 2. The Morgan fingerprint density at radius 1 is 1.12 bits per heavy atom. The molecule has 2 rings (SSSR count). The molecule has 1 aromatic carbocycles. The van der Waals surface area contributed by atoms with E-state index in [4.69, 9.17) is 0 Å². The molecule has 0 heterocycles. The smallest absolute Gasteiger partial charge is 0.167 e. The molecule has 0 N–H and O–H groups in total. The number of benzene rings is 1. The number of Topliss-reactive ketones (excluding diaryl/α,β-unsaturated/α-hetero) is 1. The van der Waals surface area contributed by atoms with Crippen LogP contribution in [0.3, 0.4) is 0 Å². The molecule has 0 spiro atoms. The minimum Gasteiger partial charge on any atom is -0.294 e. The van der Waals surface area contributed by atoms with Gasteiger partial charge in [-0.3, -0.25) is 4.79 Å². The van der Waals surface area contributed by atoms with Gasteiger partial charge in [0.05, 0.1) is 0 Å². The van der Waals surface area contributed by atoms with Crippen molar-refractivity contribution in [3.05, 3.63) is 35.1 Å². The quantitative estimate of drug-likeness (QED) is 0.707. The summed E-state index contributed by atoms with van der Waals surface area (Å²) in [5.74, 6) is -0.261. The first-order valence-corrected chi connectivity index (χ1v) is 5.99. The predicted octanol–water partition coefficient (Wildman–Crippen LogP) is 4.00. The van der Waals surface area contributed by atoms with Gasteiger partial charge in [-0.1, -0.05) is 27.7 Å². The molecular formula is C15H19FO. The van der Waals surface area contributed by atoms with Crippen LogP contribution in [0.1, 0.15) is 43.6 Å². The summed E-state index contributed by atoms with van der Waals surface area (Å²) in [6.45, 7) is 10.2. The topological polar surface area (TPSA) is 17.1 Å². The molecule has 17 heavy (non-hydrogen) atoms. The van der Waals surface area contributed by atoms with E-state index in [2.05, 4.69) is 27.7 Å². The lowest BCUT2D eigenvalue weighted by molar-refractivity contribution is 0.0944. The fraction of sp³-hybridized carbons (Fsp3) is 0.533. The maximum atomic E-state index is 13.3. The highest BCUT2D eigenvalue weighted by molar-refractivity contribution is 6.01. The van der Waals surface area contributed by atoms with Gasteiger partial charge in [0.1, 0.15) is 5.82 Å². The molecule has 1 aliphatic rings. The van der Waals surface area contributed by atoms with E-state index in [0.717, 1.165) is 5.56 Å². The van der Waals surface area contributed by atoms with Crippen LogP contribution in [0.5, 0.6) is 0 Å². The van der Waals surface area contributed by atoms with Crippen LogP contribution in [0.25, 0.3) is 0 Å². The molecule has 0 bridgehead atoms. The predicted molar refractivity (Wildman–Crippen MR) is 66.5 cm³/mol. The van der Waals surface area contributed by atoms with Crippen molar-refractivity contribution in [2.45, 2.75) is 34.6 Å². The van der Waals surface area contributed by atoms with Crippen molar-refractivity contribution in [1.29, 1.82) is 0 Å². The summed E-state index contributed by atoms with van der Waals surface area (Å²) in [4.78, 5) is 12.4. The van der Waals surface area contributed by atoms with Crippen molar-refractivity contribution >= 4 is 5.78 Å². The van der Waals surface area contributed by atoms with E-state index in [1.54, 1.807) is 6.07 Å². The molecule has 0 saturated heterocycles. The Labute approximate surface area is 102 Å². The third-order valence-electron chi connectivity index (χ3n) is 4.61. The second kappa shape index (κ2) is 3.41. The number of carbonyl (C=O) groups is 1. The van der Waals surface area contributed by atoms with Crippen molar-refractivity contribution < 1.29 is 9.18 Å². The van der Waals surface area contributed by atoms with Gasteiger partial charge in [-0.25, -0.2) is 4.39 Å². The lowest BCUT2D eigenvalue weighted by Gasteiger charge is -2.04. The van der Waals surface area contributed by atoms with E-state index in [1.165, 1.54) is 12.1 Å². The van der Waals surface area contributed by atoms with E-state index >= 15 is 0 Å². The van der Waals surface area contributed by atoms with E-state index in [0.29, 0.717) is 5.56 Å². The van der Waals surface area contributed by atoms with Gasteiger partial charge in [0.25, 0.3) is 0 Å². The van der Waals surface area contributed by atoms with Gasteiger partial charge in [-0.05, 0) is 41.5 Å². The van der Waals surface area contributed by atoms with Gasteiger partial charge >= 0.3 is 0 Å². The van der Waals surface area contributed by atoms with E-state index in [-0.39, 0.29) is 28.3 Å². The summed E-state index contributed by atoms with van der Waals surface area (Å²) in [6.07, 6.45) is 0. The first-order valence-electron chi connectivity index (χ1n) is 5.99. The molecule has 1 saturated carbocycles. The van der Waals surface area contributed by atoms with E-state index < -0.39 is 0 Å². The highest BCUT2D eigenvalue weighted by Gasteiger charge is 2.67. The molecule has 0 unspecified atom stereocenters. The summed E-state index contributed by atoms with van der Waals surface area (Å²) in [5, 5.41) is 0. The Morgan fingerprint density at radius 2 is 1.65 bits per heavy atom. The van der Waals surface area contributed by atoms with Gasteiger partial charge < -0.3 is 0 Å². The van der Waals surface area contributed by atoms with E-state index in [1.807, 2.05) is 6.92 Å². The first kappa shape index (κ1) is 12.3. The normalized spacial score (nSPS) is 21.3. The van der Waals surface area contributed by atoms with Crippen LogP contribution in [-0.4, -0.2) is 5.78 Å². The molecule has 1 nitrogen and oxygen atoms in total. The van der Waals surface area contributed by atoms with Crippen LogP contribution in [0.2, 0.25) is 0 Å². The molecule has 2 heteroatoms. The van der Waals surface area contributed by atoms with Gasteiger partial charge in [-0.2, -0.15) is 0 Å². The van der Waals surface area contributed by atoms with Crippen molar-refractivity contribution in [2.24, 2.45) is 16.7 Å². The summed E-state index contributed by atoms with van der Waals surface area (Å²) in [7, 11) is 0. The van der Waals surface area contributed by atoms with Crippen LogP contribution >= 0.6 is 0 Å². The zero-order valence-corrected chi connectivity index (χ0v) is 11.1. The second-order valence-corrected chi connectivity index (χ2v) is 6.26. The Kier molecular flexibility index (Phi) is 2.46. The fourth-order valence-electron chi connectivity index (χ4n) is 2.90. The van der Waals surface area contributed by atoms with E-state index in [9.17, 15) is 9.18 Å². The Bertz CT molecular complexity index is 451. The van der Waals surface area contributed by atoms with Crippen molar-refractivity contribution in [3.8, 4) is 0 Å². The molecule has 0 aliphatic heterocycles. The van der Waals surface area contributed by atoms with Crippen LogP contribution < -0.4 is 0 Å². The zero-order valence-electron chi connectivity index (χ0n) is 11.1. The second-order valence-electron chi connectivity index (χ2n) is 6.26. The number of halogens is 1. The highest BCUT2D eigenvalue weighted by Crippen LogP contribution is 2.69. The molecule has 0 aromatic heterocycles. The Morgan fingerprint density at radius 3 is 2.06 bits per heavy atom. The summed E-state index contributed by atoms with van der Waals surface area (Å²) >= 11 is 0. The molecule has 0 radical (unpaired) electrons. The molecular weight excluding hydrogens is 215 g/mol. The fourth-order valence-corrected chi connectivity index (χ4v) is 2.90. The standard InChI is InChI=1S/C15H19FO/c1-9-6-10(8-11(16)7-9)12(17)13-14(2,3)15(13,4)5/h6-8,13H,1-5H3. The number of hydrogen-bond donors (Lipinski definition) is 0.